The Bertz CT molecular complexity index is 1100. The number of nitrogens with one attached hydrogen (secondary N) is 2. The van der Waals surface area contributed by atoms with Gasteiger partial charge in [0.25, 0.3) is 0 Å². The average molecular weight is 458 g/mol. The second kappa shape index (κ2) is 9.47. The summed E-state index contributed by atoms with van der Waals surface area (Å²) < 4.78 is 6.30. The lowest BCUT2D eigenvalue weighted by molar-refractivity contribution is -0.113. The van der Waals surface area contributed by atoms with Crippen molar-refractivity contribution in [3.05, 3.63) is 40.3 Å². The minimum absolute atomic E-state index is 0.150. The molecule has 3 aromatic rings. The van der Waals surface area contributed by atoms with Crippen LogP contribution in [0, 0.1) is 11.3 Å². The molecule has 154 valence electrons. The van der Waals surface area contributed by atoms with Crippen LogP contribution in [-0.4, -0.2) is 28.5 Å². The first kappa shape index (κ1) is 20.7. The molecular formula is C20H19N5O2S3. The van der Waals surface area contributed by atoms with Crippen LogP contribution < -0.4 is 15.4 Å². The van der Waals surface area contributed by atoms with Crippen LogP contribution in [0.1, 0.15) is 29.3 Å². The predicted octanol–water partition coefficient (Wildman–Crippen LogP) is 4.83. The number of benzene rings is 1. The summed E-state index contributed by atoms with van der Waals surface area (Å²) in [5, 5.41) is 25.1. The van der Waals surface area contributed by atoms with Gasteiger partial charge >= 0.3 is 0 Å². The number of para-hydroxylation sites is 2. The van der Waals surface area contributed by atoms with E-state index in [1.54, 1.807) is 0 Å². The fourth-order valence-corrected chi connectivity index (χ4v) is 6.01. The van der Waals surface area contributed by atoms with E-state index in [0.29, 0.717) is 26.6 Å². The van der Waals surface area contributed by atoms with Crippen molar-refractivity contribution < 1.29 is 9.53 Å². The number of thiophene rings is 1. The van der Waals surface area contributed by atoms with E-state index in [1.165, 1.54) is 39.3 Å². The van der Waals surface area contributed by atoms with Gasteiger partial charge in [0.2, 0.25) is 11.0 Å². The smallest absolute Gasteiger partial charge is 0.235 e. The molecule has 0 bridgehead atoms. The molecule has 30 heavy (non-hydrogen) atoms. The number of amides is 1. The number of nitrogens with zero attached hydrogens (tertiary/aromatic N) is 3. The normalized spacial score (nSPS) is 12.3. The van der Waals surface area contributed by atoms with Crippen molar-refractivity contribution in [3.8, 4) is 11.8 Å². The third-order valence-corrected chi connectivity index (χ3v) is 7.63. The van der Waals surface area contributed by atoms with Crippen molar-refractivity contribution in [2.24, 2.45) is 0 Å². The summed E-state index contributed by atoms with van der Waals surface area (Å²) in [6.07, 6.45) is 3.00. The maximum atomic E-state index is 12.4. The molecule has 1 aromatic carbocycles. The Morgan fingerprint density at radius 2 is 2.17 bits per heavy atom. The number of nitriles is 1. The molecule has 0 spiro atoms. The number of carbonyl (C=O) groups is 1. The molecule has 2 heterocycles. The van der Waals surface area contributed by atoms with Gasteiger partial charge in [-0.2, -0.15) is 5.26 Å². The molecule has 0 saturated carbocycles. The Kier molecular flexibility index (Phi) is 6.52. The number of anilines is 3. The minimum Gasteiger partial charge on any atom is -0.492 e. The molecule has 4 rings (SSSR count). The summed E-state index contributed by atoms with van der Waals surface area (Å²) in [6.45, 7) is 2.51. The quantitative estimate of drug-likeness (QED) is 0.467. The van der Waals surface area contributed by atoms with Gasteiger partial charge in [0.05, 0.1) is 23.6 Å². The highest BCUT2D eigenvalue weighted by Crippen LogP contribution is 2.38. The Morgan fingerprint density at radius 1 is 1.30 bits per heavy atom. The van der Waals surface area contributed by atoms with Crippen molar-refractivity contribution >= 4 is 56.2 Å². The molecule has 0 atom stereocenters. The second-order valence-electron chi connectivity index (χ2n) is 6.44. The zero-order valence-electron chi connectivity index (χ0n) is 16.2. The van der Waals surface area contributed by atoms with Gasteiger partial charge < -0.3 is 15.4 Å². The van der Waals surface area contributed by atoms with E-state index in [4.69, 9.17) is 4.74 Å². The van der Waals surface area contributed by atoms with Gasteiger partial charge in [-0.3, -0.25) is 4.79 Å². The van der Waals surface area contributed by atoms with Crippen LogP contribution in [0.4, 0.5) is 15.8 Å². The van der Waals surface area contributed by atoms with Crippen molar-refractivity contribution in [2.75, 3.05) is 23.0 Å². The Hall–Kier alpha value is -2.61. The molecular weight excluding hydrogens is 438 g/mol. The molecule has 10 heteroatoms. The van der Waals surface area contributed by atoms with E-state index >= 15 is 0 Å². The van der Waals surface area contributed by atoms with Gasteiger partial charge in [-0.05, 0) is 43.9 Å². The van der Waals surface area contributed by atoms with E-state index in [2.05, 4.69) is 26.9 Å². The standard InChI is InChI=1S/C20H19N5O2S3/c1-2-27-15-8-4-3-7-14(15)22-19-24-25-20(30-19)28-11-17(26)23-18-13(10-21)12-6-5-9-16(12)29-18/h3-4,7-8H,2,5-6,9,11H2,1H3,(H,22,24)(H,23,26). The number of hydrogen-bond acceptors (Lipinski definition) is 9. The number of thioether (sulfide) groups is 1. The molecule has 7 nitrogen and oxygen atoms in total. The molecule has 2 N–H and O–H groups in total. The van der Waals surface area contributed by atoms with E-state index in [0.717, 1.165) is 36.3 Å². The summed E-state index contributed by atoms with van der Waals surface area (Å²) in [7, 11) is 0. The largest absolute Gasteiger partial charge is 0.492 e. The minimum atomic E-state index is -0.150. The van der Waals surface area contributed by atoms with Crippen molar-refractivity contribution in [3.63, 3.8) is 0 Å². The molecule has 1 aliphatic carbocycles. The van der Waals surface area contributed by atoms with Crippen LogP contribution in [0.15, 0.2) is 28.6 Å². The molecule has 0 unspecified atom stereocenters. The topological polar surface area (TPSA) is 99.9 Å². The van der Waals surface area contributed by atoms with Crippen LogP contribution in [-0.2, 0) is 17.6 Å². The van der Waals surface area contributed by atoms with Crippen LogP contribution in [0.2, 0.25) is 0 Å². The molecule has 0 saturated heterocycles. The zero-order valence-corrected chi connectivity index (χ0v) is 18.7. The molecule has 0 fully saturated rings. The fourth-order valence-electron chi connectivity index (χ4n) is 3.19. The lowest BCUT2D eigenvalue weighted by atomic mass is 10.1. The van der Waals surface area contributed by atoms with Gasteiger partial charge in [0.1, 0.15) is 16.8 Å². The number of aromatic nitrogens is 2. The Morgan fingerprint density at radius 3 is 3.00 bits per heavy atom. The summed E-state index contributed by atoms with van der Waals surface area (Å²) in [4.78, 5) is 13.6. The summed E-state index contributed by atoms with van der Waals surface area (Å²) in [5.74, 6) is 0.806. The van der Waals surface area contributed by atoms with E-state index in [1.807, 2.05) is 31.2 Å². The first-order chi connectivity index (χ1) is 14.7. The monoisotopic (exact) mass is 457 g/mol. The second-order valence-corrected chi connectivity index (χ2v) is 9.74. The summed E-state index contributed by atoms with van der Waals surface area (Å²) in [6, 6.07) is 9.88. The van der Waals surface area contributed by atoms with Gasteiger partial charge in [0, 0.05) is 4.88 Å². The van der Waals surface area contributed by atoms with Gasteiger partial charge in [-0.25, -0.2) is 0 Å². The van der Waals surface area contributed by atoms with Crippen LogP contribution in [0.25, 0.3) is 0 Å². The summed E-state index contributed by atoms with van der Waals surface area (Å²) >= 11 is 4.22. The van der Waals surface area contributed by atoms with Gasteiger partial charge in [-0.1, -0.05) is 35.2 Å². The average Bonchev–Trinajstić information content (AvgIpc) is 3.44. The fraction of sp³-hybridized carbons (Fsp3) is 0.300. The third-order valence-electron chi connectivity index (χ3n) is 4.45. The van der Waals surface area contributed by atoms with Gasteiger partial charge in [-0.15, -0.1) is 21.5 Å². The predicted molar refractivity (Wildman–Crippen MR) is 121 cm³/mol. The number of fused-ring (bicyclic) bond motifs is 1. The summed E-state index contributed by atoms with van der Waals surface area (Å²) in [5.41, 5.74) is 2.55. The first-order valence-corrected chi connectivity index (χ1v) is 12.1. The van der Waals surface area contributed by atoms with Gasteiger partial charge in [0.15, 0.2) is 4.34 Å². The van der Waals surface area contributed by atoms with E-state index in [9.17, 15) is 10.1 Å². The Labute approximate surface area is 186 Å². The number of ether oxygens (including phenoxy) is 1. The molecule has 1 aliphatic rings. The van der Waals surface area contributed by atoms with Crippen LogP contribution >= 0.6 is 34.4 Å². The maximum absolute atomic E-state index is 12.4. The Balaban J connectivity index is 1.34. The molecule has 0 aliphatic heterocycles. The maximum Gasteiger partial charge on any atom is 0.235 e. The SMILES string of the molecule is CCOc1ccccc1Nc1nnc(SCC(=O)Nc2sc3c(c2C#N)CCC3)s1. The van der Waals surface area contributed by atoms with Crippen molar-refractivity contribution in [2.45, 2.75) is 30.5 Å². The molecule has 2 aromatic heterocycles. The lowest BCUT2D eigenvalue weighted by Crippen LogP contribution is -2.13. The number of carbonyl (C=O) groups excluding carboxylic acids is 1. The number of rotatable bonds is 8. The van der Waals surface area contributed by atoms with Crippen LogP contribution in [0.3, 0.4) is 0 Å². The van der Waals surface area contributed by atoms with Crippen LogP contribution in [0.5, 0.6) is 5.75 Å². The highest BCUT2D eigenvalue weighted by molar-refractivity contribution is 8.01. The molecule has 0 radical (unpaired) electrons. The third kappa shape index (κ3) is 4.59. The molecule has 1 amide bonds. The van der Waals surface area contributed by atoms with Crippen molar-refractivity contribution in [1.82, 2.24) is 10.2 Å². The zero-order chi connectivity index (χ0) is 20.9. The number of aryl methyl sites for hydroxylation is 1. The van der Waals surface area contributed by atoms with Crippen molar-refractivity contribution in [1.29, 1.82) is 5.26 Å². The highest BCUT2D eigenvalue weighted by Gasteiger charge is 2.23. The van der Waals surface area contributed by atoms with E-state index < -0.39 is 0 Å². The van der Waals surface area contributed by atoms with E-state index in [-0.39, 0.29) is 11.7 Å². The number of hydrogen-bond donors (Lipinski definition) is 2. The first-order valence-electron chi connectivity index (χ1n) is 9.47. The lowest BCUT2D eigenvalue weighted by Gasteiger charge is -2.09. The highest BCUT2D eigenvalue weighted by atomic mass is 32.2.